The van der Waals surface area contributed by atoms with Crippen LogP contribution in [-0.2, 0) is 4.74 Å². The van der Waals surface area contributed by atoms with E-state index in [2.05, 4.69) is 4.74 Å². The van der Waals surface area contributed by atoms with Crippen molar-refractivity contribution in [2.75, 3.05) is 0 Å². The maximum absolute atomic E-state index is 12.0. The summed E-state index contributed by atoms with van der Waals surface area (Å²) in [6.07, 6.45) is 1.94. The van der Waals surface area contributed by atoms with Crippen molar-refractivity contribution in [3.63, 3.8) is 0 Å². The fourth-order valence-electron chi connectivity index (χ4n) is 1.83. The van der Waals surface area contributed by atoms with Gasteiger partial charge in [-0.2, -0.15) is 0 Å². The summed E-state index contributed by atoms with van der Waals surface area (Å²) in [5.41, 5.74) is -0.733. The highest BCUT2D eigenvalue weighted by molar-refractivity contribution is 6.11. The molecular formula is C18H12O8. The number of rotatable bonds is 4. The van der Waals surface area contributed by atoms with E-state index in [-0.39, 0.29) is 27.7 Å². The van der Waals surface area contributed by atoms with Gasteiger partial charge in [-0.3, -0.25) is 4.79 Å². The monoisotopic (exact) mass is 356 g/mol. The maximum atomic E-state index is 12.0. The molecule has 2 aromatic carbocycles. The first-order chi connectivity index (χ1) is 11.9. The summed E-state index contributed by atoms with van der Waals surface area (Å²) >= 11 is 0. The zero-order valence-corrected chi connectivity index (χ0v) is 13.1. The van der Waals surface area contributed by atoms with Gasteiger partial charge in [0, 0.05) is 11.5 Å². The Kier molecular flexibility index (Phi) is 6.77. The third kappa shape index (κ3) is 5.02. The topological polar surface area (TPSA) is 149 Å². The van der Waals surface area contributed by atoms with Crippen LogP contribution >= 0.6 is 0 Å². The molecule has 0 aromatic heterocycles. The second kappa shape index (κ2) is 8.77. The number of Topliss-reactive ketones (excluding diaryl/α,β-unsaturated/α-hetero) is 1. The van der Waals surface area contributed by atoms with Crippen molar-refractivity contribution in [3.05, 3.63) is 70.8 Å². The van der Waals surface area contributed by atoms with Crippen LogP contribution in [0, 0.1) is 12.0 Å². The van der Waals surface area contributed by atoms with E-state index in [1.165, 1.54) is 12.1 Å². The first kappa shape index (κ1) is 20.1. The van der Waals surface area contributed by atoms with E-state index in [9.17, 15) is 19.2 Å². The van der Waals surface area contributed by atoms with E-state index in [1.807, 2.05) is 12.0 Å². The first-order valence-corrected chi connectivity index (χ1v) is 6.81. The number of hydrogen-bond acceptors (Lipinski definition) is 5. The van der Waals surface area contributed by atoms with Crippen molar-refractivity contribution in [2.24, 2.45) is 0 Å². The van der Waals surface area contributed by atoms with Crippen molar-refractivity contribution in [1.82, 2.24) is 0 Å². The van der Waals surface area contributed by atoms with Crippen LogP contribution in [0.1, 0.15) is 41.4 Å². The van der Waals surface area contributed by atoms with Gasteiger partial charge >= 0.3 is 17.9 Å². The van der Waals surface area contributed by atoms with Crippen LogP contribution in [0.25, 0.3) is 0 Å². The minimum atomic E-state index is -1.39. The molecule has 0 heterocycles. The summed E-state index contributed by atoms with van der Waals surface area (Å²) in [5, 5.41) is 17.9. The lowest BCUT2D eigenvalue weighted by atomic mass is 10.0. The molecule has 8 heteroatoms. The lowest BCUT2D eigenvalue weighted by Gasteiger charge is -2.01. The Hall–Kier alpha value is -3.96. The molecule has 4 N–H and O–H groups in total. The Labute approximate surface area is 147 Å². The Balaban J connectivity index is 0.00000338. The highest BCUT2D eigenvalue weighted by Gasteiger charge is 2.14. The minimum absolute atomic E-state index is 0. The Morgan fingerprint density at radius 3 is 1.77 bits per heavy atom. The van der Waals surface area contributed by atoms with E-state index in [1.54, 1.807) is 18.2 Å². The third-order valence-electron chi connectivity index (χ3n) is 3.01. The highest BCUT2D eigenvalue weighted by atomic mass is 16.5. The van der Waals surface area contributed by atoms with Gasteiger partial charge in [-0.1, -0.05) is 18.2 Å². The van der Waals surface area contributed by atoms with Crippen LogP contribution in [0.2, 0.25) is 0 Å². The number of carboxylic acids is 2. The molecule has 0 bridgehead atoms. The predicted octanol–water partition coefficient (Wildman–Crippen LogP) is 1.26. The fourth-order valence-corrected chi connectivity index (χ4v) is 1.83. The van der Waals surface area contributed by atoms with Gasteiger partial charge in [-0.25, -0.2) is 14.4 Å². The average molecular weight is 356 g/mol. The molecule has 0 aliphatic rings. The van der Waals surface area contributed by atoms with E-state index in [0.717, 1.165) is 18.2 Å². The molecule has 0 saturated carbocycles. The quantitative estimate of drug-likeness (QED) is 0.475. The molecular weight excluding hydrogens is 344 g/mol. The Bertz CT molecular complexity index is 887. The van der Waals surface area contributed by atoms with Crippen molar-refractivity contribution >= 4 is 23.7 Å². The first-order valence-electron chi connectivity index (χ1n) is 6.81. The molecule has 2 aromatic rings. The largest absolute Gasteiger partial charge is 0.478 e. The number of carbonyl (C=O) groups excluding carboxylic acids is 2. The Morgan fingerprint density at radius 2 is 1.27 bits per heavy atom. The predicted molar refractivity (Wildman–Crippen MR) is 87.9 cm³/mol. The van der Waals surface area contributed by atoms with Crippen molar-refractivity contribution in [2.45, 2.75) is 0 Å². The summed E-state index contributed by atoms with van der Waals surface area (Å²) in [6, 6.07) is 10.9. The molecule has 0 atom stereocenters. The molecule has 0 saturated heterocycles. The summed E-state index contributed by atoms with van der Waals surface area (Å²) in [7, 11) is 0. The summed E-state index contributed by atoms with van der Waals surface area (Å²) in [6.45, 7) is 0. The summed E-state index contributed by atoms with van der Waals surface area (Å²) < 4.78 is 4.62. The lowest BCUT2D eigenvalue weighted by molar-refractivity contribution is 0.0679. The number of hydrogen-bond donors (Lipinski definition) is 2. The standard InChI is InChI=1S/C18H10O7.H2O/c19-15(6-7-25-18(24)11-4-2-1-3-5-11)12-8-13(16(20)21)10-14(9-12)17(22)23;/h1-5,8-10H,(H,20,21)(H,22,23);1H2. The van der Waals surface area contributed by atoms with Crippen molar-refractivity contribution in [1.29, 1.82) is 0 Å². The number of carbonyl (C=O) groups is 4. The lowest BCUT2D eigenvalue weighted by Crippen LogP contribution is -2.07. The second-order valence-corrected chi connectivity index (χ2v) is 4.72. The van der Waals surface area contributed by atoms with Gasteiger partial charge < -0.3 is 20.4 Å². The number of ketones is 1. The van der Waals surface area contributed by atoms with Gasteiger partial charge in [0.05, 0.1) is 16.7 Å². The second-order valence-electron chi connectivity index (χ2n) is 4.72. The zero-order valence-electron chi connectivity index (χ0n) is 13.1. The molecule has 0 radical (unpaired) electrons. The van der Waals surface area contributed by atoms with E-state index in [0.29, 0.717) is 0 Å². The van der Waals surface area contributed by atoms with Gasteiger partial charge in [-0.05, 0) is 30.3 Å². The van der Waals surface area contributed by atoms with Crippen LogP contribution in [0.5, 0.6) is 0 Å². The average Bonchev–Trinajstić information content (AvgIpc) is 2.61. The Morgan fingerprint density at radius 1 is 0.769 bits per heavy atom. The molecule has 2 rings (SSSR count). The number of carboxylic acid groups (broad SMARTS) is 2. The van der Waals surface area contributed by atoms with Crippen molar-refractivity contribution < 1.29 is 39.6 Å². The number of benzene rings is 2. The molecule has 0 spiro atoms. The van der Waals surface area contributed by atoms with Crippen LogP contribution in [0.4, 0.5) is 0 Å². The smallest absolute Gasteiger partial charge is 0.352 e. The summed E-state index contributed by atoms with van der Waals surface area (Å²) in [5.74, 6) is -2.40. The SMILES string of the molecule is O.O=C(O)c1cc(C(=O)O)cc(C(=O)C#COC(=O)c2ccccc2)c1. The number of ether oxygens (including phenoxy) is 1. The number of aromatic carboxylic acids is 2. The van der Waals surface area contributed by atoms with Crippen LogP contribution in [0.15, 0.2) is 48.5 Å². The molecule has 26 heavy (non-hydrogen) atoms. The van der Waals surface area contributed by atoms with Gasteiger partial charge in [0.15, 0.2) is 0 Å². The molecule has 0 amide bonds. The van der Waals surface area contributed by atoms with Gasteiger partial charge in [0.1, 0.15) is 6.11 Å². The van der Waals surface area contributed by atoms with E-state index in [4.69, 9.17) is 10.2 Å². The molecule has 132 valence electrons. The maximum Gasteiger partial charge on any atom is 0.352 e. The highest BCUT2D eigenvalue weighted by Crippen LogP contribution is 2.12. The molecule has 0 unspecified atom stereocenters. The van der Waals surface area contributed by atoms with E-state index < -0.39 is 23.7 Å². The minimum Gasteiger partial charge on any atom is -0.478 e. The normalized spacial score (nSPS) is 9.08. The fraction of sp³-hybridized carbons (Fsp3) is 0. The molecule has 8 nitrogen and oxygen atoms in total. The van der Waals surface area contributed by atoms with Crippen LogP contribution in [-0.4, -0.2) is 39.4 Å². The van der Waals surface area contributed by atoms with Crippen LogP contribution in [0.3, 0.4) is 0 Å². The molecule has 0 aliphatic carbocycles. The third-order valence-corrected chi connectivity index (χ3v) is 3.01. The zero-order chi connectivity index (χ0) is 18.4. The van der Waals surface area contributed by atoms with E-state index >= 15 is 0 Å². The summed E-state index contributed by atoms with van der Waals surface area (Å²) in [4.78, 5) is 45.6. The number of esters is 1. The van der Waals surface area contributed by atoms with Gasteiger partial charge in [0.2, 0.25) is 5.78 Å². The molecule has 0 aliphatic heterocycles. The van der Waals surface area contributed by atoms with Crippen LogP contribution < -0.4 is 0 Å². The van der Waals surface area contributed by atoms with Crippen molar-refractivity contribution in [3.8, 4) is 12.0 Å². The van der Waals surface area contributed by atoms with Gasteiger partial charge in [0.25, 0.3) is 0 Å². The molecule has 0 fully saturated rings. The van der Waals surface area contributed by atoms with Gasteiger partial charge in [-0.15, -0.1) is 0 Å².